The van der Waals surface area contributed by atoms with Crippen molar-refractivity contribution in [3.05, 3.63) is 35.9 Å². The molecule has 1 atom stereocenters. The Balaban J connectivity index is 2.68. The van der Waals surface area contributed by atoms with Crippen LogP contribution in [-0.4, -0.2) is 5.97 Å². The van der Waals surface area contributed by atoms with Crippen molar-refractivity contribution in [3.8, 4) is 0 Å². The third kappa shape index (κ3) is 2.85. The summed E-state index contributed by atoms with van der Waals surface area (Å²) in [7, 11) is 0. The summed E-state index contributed by atoms with van der Waals surface area (Å²) in [6, 6.07) is 9.91. The molecule has 2 N–H and O–H groups in total. The molecular weight excluding hydrogens is 178 g/mol. The van der Waals surface area contributed by atoms with E-state index < -0.39 is 0 Å². The molecule has 0 fully saturated rings. The van der Waals surface area contributed by atoms with E-state index in [4.69, 9.17) is 5.90 Å². The van der Waals surface area contributed by atoms with Crippen LogP contribution in [0, 0.1) is 0 Å². The van der Waals surface area contributed by atoms with E-state index in [1.54, 1.807) is 0 Å². The maximum Gasteiger partial charge on any atom is 0.325 e. The van der Waals surface area contributed by atoms with Gasteiger partial charge in [-0.25, -0.2) is 0 Å². The summed E-state index contributed by atoms with van der Waals surface area (Å²) in [5, 5.41) is 0. The van der Waals surface area contributed by atoms with Crippen molar-refractivity contribution < 1.29 is 9.63 Å². The molecule has 0 aliphatic rings. The molecule has 0 amide bonds. The van der Waals surface area contributed by atoms with Crippen molar-refractivity contribution in [1.82, 2.24) is 0 Å². The van der Waals surface area contributed by atoms with Gasteiger partial charge in [0.05, 0.1) is 6.42 Å². The second kappa shape index (κ2) is 5.40. The summed E-state index contributed by atoms with van der Waals surface area (Å²) < 4.78 is 0. The molecule has 1 rings (SSSR count). The predicted molar refractivity (Wildman–Crippen MR) is 54.4 cm³/mol. The second-order valence-corrected chi connectivity index (χ2v) is 3.21. The molecule has 0 aliphatic carbocycles. The van der Waals surface area contributed by atoms with Gasteiger partial charge in [-0.15, -0.1) is 0 Å². The molecule has 0 spiro atoms. The molecule has 3 heteroatoms. The summed E-state index contributed by atoms with van der Waals surface area (Å²) in [5.41, 5.74) is 1.15. The first kappa shape index (κ1) is 10.7. The molecule has 0 heterocycles. The van der Waals surface area contributed by atoms with Gasteiger partial charge < -0.3 is 4.84 Å². The molecule has 76 valence electrons. The van der Waals surface area contributed by atoms with Crippen molar-refractivity contribution in [2.24, 2.45) is 5.90 Å². The molecule has 1 aromatic rings. The summed E-state index contributed by atoms with van der Waals surface area (Å²) in [6.45, 7) is 2.04. The van der Waals surface area contributed by atoms with E-state index in [0.717, 1.165) is 12.0 Å². The fraction of sp³-hybridized carbons (Fsp3) is 0.364. The van der Waals surface area contributed by atoms with E-state index in [0.29, 0.717) is 6.42 Å². The molecule has 0 bridgehead atoms. The topological polar surface area (TPSA) is 52.3 Å². The van der Waals surface area contributed by atoms with Crippen molar-refractivity contribution >= 4 is 5.97 Å². The van der Waals surface area contributed by atoms with E-state index in [-0.39, 0.29) is 11.9 Å². The number of rotatable bonds is 4. The van der Waals surface area contributed by atoms with E-state index in [1.807, 2.05) is 37.3 Å². The molecule has 3 nitrogen and oxygen atoms in total. The highest BCUT2D eigenvalue weighted by molar-refractivity contribution is 5.70. The molecule has 1 unspecified atom stereocenters. The Morgan fingerprint density at radius 1 is 1.43 bits per heavy atom. The Bertz CT molecular complexity index is 285. The van der Waals surface area contributed by atoms with E-state index in [1.165, 1.54) is 0 Å². The molecule has 0 radical (unpaired) electrons. The third-order valence-corrected chi connectivity index (χ3v) is 2.31. The number of hydrogen-bond acceptors (Lipinski definition) is 3. The molecular formula is C11H15NO2. The van der Waals surface area contributed by atoms with Crippen molar-refractivity contribution in [2.45, 2.75) is 25.7 Å². The van der Waals surface area contributed by atoms with Crippen LogP contribution in [0.2, 0.25) is 0 Å². The third-order valence-electron chi connectivity index (χ3n) is 2.31. The minimum Gasteiger partial charge on any atom is -0.373 e. The second-order valence-electron chi connectivity index (χ2n) is 3.21. The fourth-order valence-corrected chi connectivity index (χ4v) is 1.47. The Morgan fingerprint density at radius 3 is 2.57 bits per heavy atom. The van der Waals surface area contributed by atoms with E-state index in [2.05, 4.69) is 4.84 Å². The van der Waals surface area contributed by atoms with Gasteiger partial charge >= 0.3 is 5.97 Å². The average Bonchev–Trinajstić information content (AvgIpc) is 2.26. The van der Waals surface area contributed by atoms with E-state index >= 15 is 0 Å². The molecule has 0 saturated heterocycles. The lowest BCUT2D eigenvalue weighted by Crippen LogP contribution is -2.13. The highest BCUT2D eigenvalue weighted by atomic mass is 16.7. The first-order valence-corrected chi connectivity index (χ1v) is 4.72. The van der Waals surface area contributed by atoms with Crippen LogP contribution in [0.3, 0.4) is 0 Å². The van der Waals surface area contributed by atoms with Gasteiger partial charge in [-0.1, -0.05) is 37.3 Å². The Morgan fingerprint density at radius 2 is 2.07 bits per heavy atom. The molecule has 0 aromatic heterocycles. The lowest BCUT2D eigenvalue weighted by molar-refractivity contribution is -0.144. The SMILES string of the molecule is CCC(CC(=O)ON)c1ccccc1. The maximum atomic E-state index is 11.0. The number of carbonyl (C=O) groups excluding carboxylic acids is 1. The van der Waals surface area contributed by atoms with E-state index in [9.17, 15) is 4.79 Å². The standard InChI is InChI=1S/C11H15NO2/c1-2-9(8-11(13)14-12)10-6-4-3-5-7-10/h3-7,9H,2,8,12H2,1H3. The zero-order chi connectivity index (χ0) is 10.4. The maximum absolute atomic E-state index is 11.0. The minimum absolute atomic E-state index is 0.201. The van der Waals surface area contributed by atoms with Gasteiger partial charge in [-0.05, 0) is 17.9 Å². The number of nitrogens with two attached hydrogens (primary N) is 1. The Kier molecular flexibility index (Phi) is 4.13. The lowest BCUT2D eigenvalue weighted by Gasteiger charge is -2.12. The molecule has 0 saturated carbocycles. The van der Waals surface area contributed by atoms with Crippen LogP contribution in [0.25, 0.3) is 0 Å². The zero-order valence-corrected chi connectivity index (χ0v) is 8.27. The van der Waals surface area contributed by atoms with Crippen molar-refractivity contribution in [2.75, 3.05) is 0 Å². The van der Waals surface area contributed by atoms with Gasteiger partial charge in [0.25, 0.3) is 0 Å². The van der Waals surface area contributed by atoms with Crippen LogP contribution in [0.1, 0.15) is 31.2 Å². The summed E-state index contributed by atoms with van der Waals surface area (Å²) in [5.74, 6) is 4.64. The average molecular weight is 193 g/mol. The van der Waals surface area contributed by atoms with Gasteiger partial charge in [0.1, 0.15) is 0 Å². The fourth-order valence-electron chi connectivity index (χ4n) is 1.47. The van der Waals surface area contributed by atoms with Gasteiger partial charge in [-0.3, -0.25) is 4.79 Å². The Labute approximate surface area is 83.8 Å². The number of carbonyl (C=O) groups is 1. The number of hydrogen-bond donors (Lipinski definition) is 1. The zero-order valence-electron chi connectivity index (χ0n) is 8.27. The molecule has 14 heavy (non-hydrogen) atoms. The Hall–Kier alpha value is -1.35. The van der Waals surface area contributed by atoms with Crippen molar-refractivity contribution in [1.29, 1.82) is 0 Å². The summed E-state index contributed by atoms with van der Waals surface area (Å²) in [4.78, 5) is 15.2. The van der Waals surface area contributed by atoms with Crippen LogP contribution in [0.15, 0.2) is 30.3 Å². The quantitative estimate of drug-likeness (QED) is 0.744. The minimum atomic E-state index is -0.360. The van der Waals surface area contributed by atoms with Crippen LogP contribution in [-0.2, 0) is 9.63 Å². The van der Waals surface area contributed by atoms with Gasteiger partial charge in [0.15, 0.2) is 0 Å². The lowest BCUT2D eigenvalue weighted by atomic mass is 9.93. The van der Waals surface area contributed by atoms with Crippen LogP contribution < -0.4 is 5.90 Å². The van der Waals surface area contributed by atoms with Gasteiger partial charge in [0, 0.05) is 0 Å². The van der Waals surface area contributed by atoms with Crippen LogP contribution >= 0.6 is 0 Å². The highest BCUT2D eigenvalue weighted by Crippen LogP contribution is 2.22. The van der Waals surface area contributed by atoms with Crippen LogP contribution in [0.4, 0.5) is 0 Å². The van der Waals surface area contributed by atoms with Gasteiger partial charge in [-0.2, -0.15) is 5.90 Å². The molecule has 1 aromatic carbocycles. The molecule has 0 aliphatic heterocycles. The predicted octanol–water partition coefficient (Wildman–Crippen LogP) is 1.99. The highest BCUT2D eigenvalue weighted by Gasteiger charge is 2.14. The summed E-state index contributed by atoms with van der Waals surface area (Å²) in [6.07, 6.45) is 1.25. The number of benzene rings is 1. The van der Waals surface area contributed by atoms with Crippen molar-refractivity contribution in [3.63, 3.8) is 0 Å². The smallest absolute Gasteiger partial charge is 0.325 e. The largest absolute Gasteiger partial charge is 0.373 e. The van der Waals surface area contributed by atoms with Crippen LogP contribution in [0.5, 0.6) is 0 Å². The first-order valence-electron chi connectivity index (χ1n) is 4.72. The normalized spacial score (nSPS) is 12.1. The monoisotopic (exact) mass is 193 g/mol. The van der Waals surface area contributed by atoms with Gasteiger partial charge in [0.2, 0.25) is 0 Å². The first-order chi connectivity index (χ1) is 6.77. The summed E-state index contributed by atoms with van der Waals surface area (Å²) >= 11 is 0.